The first-order valence-electron chi connectivity index (χ1n) is 11.5. The first-order chi connectivity index (χ1) is 17.5. The van der Waals surface area contributed by atoms with Crippen LogP contribution in [-0.2, 0) is 20.7 Å². The van der Waals surface area contributed by atoms with Crippen LogP contribution in [0.15, 0.2) is 72.3 Å². The molecule has 186 valence electrons. The third-order valence-electron chi connectivity index (χ3n) is 5.77. The van der Waals surface area contributed by atoms with Crippen LogP contribution in [0.3, 0.4) is 0 Å². The maximum Gasteiger partial charge on any atom is 0.204 e. The number of nitrogens with zero attached hydrogens (tertiary/aromatic N) is 3. The lowest BCUT2D eigenvalue weighted by molar-refractivity contribution is -0.116. The Hall–Kier alpha value is -4.24. The fraction of sp³-hybridized carbons (Fsp3) is 0.259. The van der Waals surface area contributed by atoms with Crippen LogP contribution >= 0.6 is 0 Å². The van der Waals surface area contributed by atoms with Gasteiger partial charge in [-0.15, -0.1) is 0 Å². The SMILES string of the molecule is COCCOc1cc2ncnc(NC3=CC(=O)C(N(C)CCc4ccccc4)=CC3=O)c2cc1OC. The Bertz CT molecular complexity index is 1320. The van der Waals surface area contributed by atoms with Crippen molar-refractivity contribution < 1.29 is 23.8 Å². The summed E-state index contributed by atoms with van der Waals surface area (Å²) >= 11 is 0. The largest absolute Gasteiger partial charge is 0.493 e. The minimum Gasteiger partial charge on any atom is -0.493 e. The molecule has 0 aliphatic heterocycles. The van der Waals surface area contributed by atoms with Gasteiger partial charge in [-0.2, -0.15) is 0 Å². The first kappa shape index (κ1) is 24.9. The molecule has 0 atom stereocenters. The summed E-state index contributed by atoms with van der Waals surface area (Å²) < 4.78 is 16.2. The maximum absolute atomic E-state index is 12.9. The van der Waals surface area contributed by atoms with Crippen LogP contribution in [0.25, 0.3) is 10.9 Å². The van der Waals surface area contributed by atoms with Gasteiger partial charge in [-0.25, -0.2) is 9.97 Å². The number of ketones is 2. The van der Waals surface area contributed by atoms with Crippen molar-refractivity contribution in [1.82, 2.24) is 14.9 Å². The molecule has 2 aromatic carbocycles. The Morgan fingerprint density at radius 1 is 0.944 bits per heavy atom. The number of nitrogens with one attached hydrogen (secondary N) is 1. The molecule has 3 aromatic rings. The van der Waals surface area contributed by atoms with Crippen molar-refractivity contribution in [3.63, 3.8) is 0 Å². The molecule has 9 nitrogen and oxygen atoms in total. The summed E-state index contributed by atoms with van der Waals surface area (Å²) in [5.41, 5.74) is 2.25. The Balaban J connectivity index is 1.51. The predicted molar refractivity (Wildman–Crippen MR) is 136 cm³/mol. The number of aromatic nitrogens is 2. The van der Waals surface area contributed by atoms with E-state index < -0.39 is 0 Å². The number of methoxy groups -OCH3 is 2. The molecule has 0 fully saturated rings. The zero-order valence-electron chi connectivity index (χ0n) is 20.5. The molecule has 0 bridgehead atoms. The molecule has 0 unspecified atom stereocenters. The monoisotopic (exact) mass is 488 g/mol. The highest BCUT2D eigenvalue weighted by Crippen LogP contribution is 2.34. The van der Waals surface area contributed by atoms with Gasteiger partial charge < -0.3 is 24.4 Å². The molecule has 0 saturated carbocycles. The molecule has 0 radical (unpaired) electrons. The number of ether oxygens (including phenoxy) is 3. The summed E-state index contributed by atoms with van der Waals surface area (Å²) in [6.45, 7) is 1.39. The highest BCUT2D eigenvalue weighted by molar-refractivity contribution is 6.21. The van der Waals surface area contributed by atoms with E-state index in [1.165, 1.54) is 25.6 Å². The molecule has 0 amide bonds. The Morgan fingerprint density at radius 2 is 1.75 bits per heavy atom. The number of rotatable bonds is 11. The summed E-state index contributed by atoms with van der Waals surface area (Å²) in [5, 5.41) is 3.62. The minimum atomic E-state index is -0.311. The number of fused-ring (bicyclic) bond motifs is 1. The van der Waals surface area contributed by atoms with Gasteiger partial charge in [-0.05, 0) is 18.1 Å². The van der Waals surface area contributed by atoms with Crippen molar-refractivity contribution in [3.05, 3.63) is 77.9 Å². The first-order valence-corrected chi connectivity index (χ1v) is 11.5. The van der Waals surface area contributed by atoms with Crippen LogP contribution in [0.4, 0.5) is 5.82 Å². The van der Waals surface area contributed by atoms with Gasteiger partial charge in [-0.3, -0.25) is 9.59 Å². The van der Waals surface area contributed by atoms with Crippen LogP contribution in [-0.4, -0.2) is 67.5 Å². The molecule has 36 heavy (non-hydrogen) atoms. The lowest BCUT2D eigenvalue weighted by Gasteiger charge is -2.23. The molecule has 1 N–H and O–H groups in total. The average Bonchev–Trinajstić information content (AvgIpc) is 2.89. The number of carbonyl (C=O) groups is 2. The van der Waals surface area contributed by atoms with E-state index in [-0.39, 0.29) is 17.3 Å². The quantitative estimate of drug-likeness (QED) is 0.322. The summed E-state index contributed by atoms with van der Waals surface area (Å²) in [6.07, 6.45) is 4.81. The van der Waals surface area contributed by atoms with E-state index in [0.29, 0.717) is 53.7 Å². The van der Waals surface area contributed by atoms with Gasteiger partial charge in [0.05, 0.1) is 30.6 Å². The van der Waals surface area contributed by atoms with Crippen molar-refractivity contribution in [1.29, 1.82) is 0 Å². The van der Waals surface area contributed by atoms with Gasteiger partial charge in [0.15, 0.2) is 11.5 Å². The molecular weight excluding hydrogens is 460 g/mol. The van der Waals surface area contributed by atoms with Gasteiger partial charge >= 0.3 is 0 Å². The van der Waals surface area contributed by atoms with E-state index in [4.69, 9.17) is 14.2 Å². The molecule has 1 aliphatic carbocycles. The van der Waals surface area contributed by atoms with Crippen LogP contribution in [0.1, 0.15) is 5.56 Å². The van der Waals surface area contributed by atoms with Crippen molar-refractivity contribution in [2.24, 2.45) is 0 Å². The third-order valence-corrected chi connectivity index (χ3v) is 5.77. The van der Waals surface area contributed by atoms with Crippen LogP contribution < -0.4 is 14.8 Å². The topological polar surface area (TPSA) is 103 Å². The highest BCUT2D eigenvalue weighted by Gasteiger charge is 2.24. The predicted octanol–water partition coefficient (Wildman–Crippen LogP) is 3.17. The second-order valence-corrected chi connectivity index (χ2v) is 8.18. The van der Waals surface area contributed by atoms with E-state index in [0.717, 1.165) is 12.0 Å². The molecule has 1 aliphatic rings. The van der Waals surface area contributed by atoms with Crippen LogP contribution in [0, 0.1) is 0 Å². The van der Waals surface area contributed by atoms with Gasteiger partial charge in [0, 0.05) is 44.3 Å². The Morgan fingerprint density at radius 3 is 2.50 bits per heavy atom. The van der Waals surface area contributed by atoms with Gasteiger partial charge in [0.1, 0.15) is 18.8 Å². The Labute approximate surface area is 209 Å². The van der Waals surface area contributed by atoms with Crippen LogP contribution in [0.5, 0.6) is 11.5 Å². The van der Waals surface area contributed by atoms with Crippen LogP contribution in [0.2, 0.25) is 0 Å². The van der Waals surface area contributed by atoms with E-state index in [2.05, 4.69) is 15.3 Å². The number of benzene rings is 2. The fourth-order valence-electron chi connectivity index (χ4n) is 3.81. The van der Waals surface area contributed by atoms with E-state index >= 15 is 0 Å². The zero-order valence-corrected chi connectivity index (χ0v) is 20.5. The lowest BCUT2D eigenvalue weighted by Crippen LogP contribution is -2.29. The fourth-order valence-corrected chi connectivity index (χ4v) is 3.81. The second-order valence-electron chi connectivity index (χ2n) is 8.18. The third kappa shape index (κ3) is 5.69. The number of likely N-dealkylation sites (N-methyl/N-ethyl adjacent to an activating group) is 1. The van der Waals surface area contributed by atoms with Crippen molar-refractivity contribution >= 4 is 28.3 Å². The number of hydrogen-bond donors (Lipinski definition) is 1. The van der Waals surface area contributed by atoms with Crippen molar-refractivity contribution in [2.45, 2.75) is 6.42 Å². The molecule has 4 rings (SSSR count). The highest BCUT2D eigenvalue weighted by atomic mass is 16.5. The number of anilines is 1. The van der Waals surface area contributed by atoms with E-state index in [1.54, 1.807) is 24.1 Å². The number of allylic oxidation sites excluding steroid dienone is 2. The van der Waals surface area contributed by atoms with Crippen molar-refractivity contribution in [2.75, 3.05) is 46.3 Å². The second kappa shape index (κ2) is 11.5. The summed E-state index contributed by atoms with van der Waals surface area (Å²) in [7, 11) is 4.94. The van der Waals surface area contributed by atoms with Gasteiger partial charge in [-0.1, -0.05) is 30.3 Å². The summed E-state index contributed by atoms with van der Waals surface area (Å²) in [4.78, 5) is 36.2. The molecule has 0 saturated heterocycles. The zero-order chi connectivity index (χ0) is 25.5. The Kier molecular flexibility index (Phi) is 7.92. The molecular formula is C27H28N4O5. The summed E-state index contributed by atoms with van der Waals surface area (Å²) in [6, 6.07) is 13.5. The van der Waals surface area contributed by atoms with E-state index in [9.17, 15) is 9.59 Å². The molecule has 0 spiro atoms. The van der Waals surface area contributed by atoms with Gasteiger partial charge in [0.2, 0.25) is 11.6 Å². The molecule has 1 heterocycles. The normalized spacial score (nSPS) is 13.3. The molecule has 1 aromatic heterocycles. The van der Waals surface area contributed by atoms with Crippen molar-refractivity contribution in [3.8, 4) is 11.5 Å². The smallest absolute Gasteiger partial charge is 0.204 e. The van der Waals surface area contributed by atoms with Gasteiger partial charge in [0.25, 0.3) is 0 Å². The maximum atomic E-state index is 12.9. The minimum absolute atomic E-state index is 0.139. The molecule has 9 heteroatoms. The average molecular weight is 489 g/mol. The number of hydrogen-bond acceptors (Lipinski definition) is 9. The number of carbonyl (C=O) groups excluding carboxylic acids is 2. The van der Waals surface area contributed by atoms with E-state index in [1.807, 2.05) is 37.4 Å². The lowest BCUT2D eigenvalue weighted by atomic mass is 10.0. The standard InChI is InChI=1S/C27H28N4O5/c1-31(10-9-18-7-5-4-6-8-18)22-16-23(32)21(14-24(22)33)30-27-19-13-25(35-3)26(36-12-11-34-2)15-20(19)28-17-29-27/h4-8,13-17H,9-12H2,1-3H3,(H,28,29,30). The summed E-state index contributed by atoms with van der Waals surface area (Å²) in [5.74, 6) is 0.815.